The highest BCUT2D eigenvalue weighted by Crippen LogP contribution is 2.14. The lowest BCUT2D eigenvalue weighted by Crippen LogP contribution is -2.33. The Morgan fingerprint density at radius 2 is 1.75 bits per heavy atom. The van der Waals surface area contributed by atoms with E-state index in [2.05, 4.69) is 4.98 Å². The van der Waals surface area contributed by atoms with Gasteiger partial charge in [-0.2, -0.15) is 0 Å². The Labute approximate surface area is 119 Å². The molecule has 0 radical (unpaired) electrons. The van der Waals surface area contributed by atoms with Gasteiger partial charge in [0.15, 0.2) is 6.29 Å². The molecule has 108 valence electrons. The van der Waals surface area contributed by atoms with Crippen molar-refractivity contribution in [1.29, 1.82) is 0 Å². The molecule has 0 aliphatic carbocycles. The van der Waals surface area contributed by atoms with Crippen molar-refractivity contribution in [2.75, 3.05) is 13.2 Å². The van der Waals surface area contributed by atoms with E-state index in [1.54, 1.807) is 0 Å². The first-order chi connectivity index (χ1) is 9.74. The quantitative estimate of drug-likeness (QED) is 0.789. The molecule has 0 spiro atoms. The van der Waals surface area contributed by atoms with Crippen LogP contribution in [0.4, 0.5) is 0 Å². The van der Waals surface area contributed by atoms with Gasteiger partial charge in [0, 0.05) is 30.7 Å². The van der Waals surface area contributed by atoms with Crippen LogP contribution in [0.3, 0.4) is 0 Å². The van der Waals surface area contributed by atoms with Gasteiger partial charge in [0.2, 0.25) is 0 Å². The van der Waals surface area contributed by atoms with Crippen molar-refractivity contribution < 1.29 is 14.6 Å². The Bertz CT molecular complexity index is 538. The molecule has 1 aromatic carbocycles. The number of aliphatic hydroxyl groups is 1. The molecule has 0 saturated carbocycles. The molecule has 1 heterocycles. The predicted octanol–water partition coefficient (Wildman–Crippen LogP) is 2.54. The lowest BCUT2D eigenvalue weighted by Gasteiger charge is -2.22. The molecule has 1 atom stereocenters. The van der Waals surface area contributed by atoms with Gasteiger partial charge in [-0.3, -0.25) is 4.98 Å². The van der Waals surface area contributed by atoms with Crippen LogP contribution >= 0.6 is 0 Å². The molecular weight excluding hydrogens is 254 g/mol. The van der Waals surface area contributed by atoms with E-state index in [0.717, 1.165) is 16.6 Å². The second-order valence-electron chi connectivity index (χ2n) is 4.55. The number of fused-ring (bicyclic) bond motifs is 1. The zero-order chi connectivity index (χ0) is 14.4. The van der Waals surface area contributed by atoms with Crippen LogP contribution in [-0.2, 0) is 15.9 Å². The monoisotopic (exact) mass is 275 g/mol. The number of benzene rings is 1. The number of aromatic nitrogens is 1. The Kier molecular flexibility index (Phi) is 5.47. The number of hydrogen-bond donors (Lipinski definition) is 1. The predicted molar refractivity (Wildman–Crippen MR) is 78.5 cm³/mol. The zero-order valence-corrected chi connectivity index (χ0v) is 12.0. The number of pyridine rings is 1. The van der Waals surface area contributed by atoms with E-state index in [-0.39, 0.29) is 0 Å². The standard InChI is InChI=1S/C16H21NO3/c1-3-19-16(20-4-2)15(18)11-13-10-9-12-7-5-6-8-14(12)17-13/h5-10,15-16,18H,3-4,11H2,1-2H3. The zero-order valence-electron chi connectivity index (χ0n) is 12.0. The maximum atomic E-state index is 10.2. The second kappa shape index (κ2) is 7.33. The van der Waals surface area contributed by atoms with Gasteiger partial charge in [0.1, 0.15) is 6.10 Å². The van der Waals surface area contributed by atoms with Gasteiger partial charge in [0.25, 0.3) is 0 Å². The van der Waals surface area contributed by atoms with Crippen molar-refractivity contribution >= 4 is 10.9 Å². The second-order valence-corrected chi connectivity index (χ2v) is 4.55. The lowest BCUT2D eigenvalue weighted by atomic mass is 10.1. The molecule has 1 aromatic heterocycles. The fourth-order valence-electron chi connectivity index (χ4n) is 2.13. The Morgan fingerprint density at radius 3 is 2.45 bits per heavy atom. The van der Waals surface area contributed by atoms with Crippen molar-refractivity contribution in [3.8, 4) is 0 Å². The van der Waals surface area contributed by atoms with Crippen LogP contribution in [0.1, 0.15) is 19.5 Å². The third-order valence-electron chi connectivity index (χ3n) is 3.05. The molecule has 0 bridgehead atoms. The molecular formula is C16H21NO3. The Hall–Kier alpha value is -1.49. The van der Waals surface area contributed by atoms with Crippen LogP contribution in [-0.4, -0.2) is 35.7 Å². The summed E-state index contributed by atoms with van der Waals surface area (Å²) in [4.78, 5) is 4.55. The molecule has 4 nitrogen and oxygen atoms in total. The number of aliphatic hydroxyl groups excluding tert-OH is 1. The van der Waals surface area contributed by atoms with Crippen LogP contribution in [0.15, 0.2) is 36.4 Å². The Morgan fingerprint density at radius 1 is 1.05 bits per heavy atom. The van der Waals surface area contributed by atoms with Crippen LogP contribution < -0.4 is 0 Å². The first-order valence-corrected chi connectivity index (χ1v) is 7.00. The summed E-state index contributed by atoms with van der Waals surface area (Å²) < 4.78 is 10.8. The molecule has 1 unspecified atom stereocenters. The summed E-state index contributed by atoms with van der Waals surface area (Å²) in [6, 6.07) is 11.9. The number of hydrogen-bond acceptors (Lipinski definition) is 4. The first kappa shape index (κ1) is 14.9. The maximum Gasteiger partial charge on any atom is 0.183 e. The number of para-hydroxylation sites is 1. The summed E-state index contributed by atoms with van der Waals surface area (Å²) in [5, 5.41) is 11.3. The van der Waals surface area contributed by atoms with Gasteiger partial charge in [-0.25, -0.2) is 0 Å². The van der Waals surface area contributed by atoms with Gasteiger partial charge in [0.05, 0.1) is 5.52 Å². The minimum Gasteiger partial charge on any atom is -0.387 e. The lowest BCUT2D eigenvalue weighted by molar-refractivity contribution is -0.189. The smallest absolute Gasteiger partial charge is 0.183 e. The molecule has 2 aromatic rings. The van der Waals surface area contributed by atoms with Crippen molar-refractivity contribution in [2.24, 2.45) is 0 Å². The van der Waals surface area contributed by atoms with Crippen LogP contribution in [0.2, 0.25) is 0 Å². The van der Waals surface area contributed by atoms with Gasteiger partial charge in [-0.05, 0) is 26.0 Å². The average Bonchev–Trinajstić information content (AvgIpc) is 2.47. The third kappa shape index (κ3) is 3.76. The maximum absolute atomic E-state index is 10.2. The van der Waals surface area contributed by atoms with E-state index in [1.165, 1.54) is 0 Å². The summed E-state index contributed by atoms with van der Waals surface area (Å²) in [7, 11) is 0. The van der Waals surface area contributed by atoms with Gasteiger partial charge in [-0.1, -0.05) is 24.3 Å². The fourth-order valence-corrected chi connectivity index (χ4v) is 2.13. The number of rotatable bonds is 7. The van der Waals surface area contributed by atoms with Gasteiger partial charge < -0.3 is 14.6 Å². The van der Waals surface area contributed by atoms with Gasteiger partial charge >= 0.3 is 0 Å². The van der Waals surface area contributed by atoms with E-state index in [1.807, 2.05) is 50.2 Å². The minimum absolute atomic E-state index is 0.412. The van der Waals surface area contributed by atoms with E-state index in [4.69, 9.17) is 9.47 Å². The molecule has 4 heteroatoms. The van der Waals surface area contributed by atoms with E-state index in [9.17, 15) is 5.11 Å². The molecule has 0 saturated heterocycles. The van der Waals surface area contributed by atoms with Crippen LogP contribution in [0.5, 0.6) is 0 Å². The molecule has 0 aliphatic rings. The summed E-state index contributed by atoms with van der Waals surface area (Å²) in [6.45, 7) is 4.78. The summed E-state index contributed by atoms with van der Waals surface area (Å²) in [5.74, 6) is 0. The van der Waals surface area contributed by atoms with E-state index >= 15 is 0 Å². The highest BCUT2D eigenvalue weighted by Gasteiger charge is 2.20. The van der Waals surface area contributed by atoms with Crippen molar-refractivity contribution in [2.45, 2.75) is 32.7 Å². The van der Waals surface area contributed by atoms with Crippen molar-refractivity contribution in [3.63, 3.8) is 0 Å². The normalized spacial score (nSPS) is 13.0. The fraction of sp³-hybridized carbons (Fsp3) is 0.438. The summed E-state index contributed by atoms with van der Waals surface area (Å²) in [5.41, 5.74) is 1.77. The highest BCUT2D eigenvalue weighted by atomic mass is 16.7. The first-order valence-electron chi connectivity index (χ1n) is 7.00. The van der Waals surface area contributed by atoms with E-state index < -0.39 is 12.4 Å². The van der Waals surface area contributed by atoms with Crippen molar-refractivity contribution in [1.82, 2.24) is 4.98 Å². The van der Waals surface area contributed by atoms with Crippen LogP contribution in [0.25, 0.3) is 10.9 Å². The highest BCUT2D eigenvalue weighted by molar-refractivity contribution is 5.78. The molecule has 2 rings (SSSR count). The number of ether oxygens (including phenoxy) is 2. The largest absolute Gasteiger partial charge is 0.387 e. The topological polar surface area (TPSA) is 51.6 Å². The summed E-state index contributed by atoms with van der Waals surface area (Å²) >= 11 is 0. The van der Waals surface area contributed by atoms with E-state index in [0.29, 0.717) is 19.6 Å². The Balaban J connectivity index is 2.09. The van der Waals surface area contributed by atoms with Crippen LogP contribution in [0, 0.1) is 0 Å². The molecule has 20 heavy (non-hydrogen) atoms. The summed E-state index contributed by atoms with van der Waals surface area (Å²) in [6.07, 6.45) is -0.906. The third-order valence-corrected chi connectivity index (χ3v) is 3.05. The molecule has 0 amide bonds. The number of nitrogens with zero attached hydrogens (tertiary/aromatic N) is 1. The SMILES string of the molecule is CCOC(OCC)C(O)Cc1ccc2ccccc2n1. The van der Waals surface area contributed by atoms with Crippen molar-refractivity contribution in [3.05, 3.63) is 42.1 Å². The molecule has 0 fully saturated rings. The van der Waals surface area contributed by atoms with Gasteiger partial charge in [-0.15, -0.1) is 0 Å². The average molecular weight is 275 g/mol. The minimum atomic E-state index is -0.719. The molecule has 1 N–H and O–H groups in total. The molecule has 0 aliphatic heterocycles.